The van der Waals surface area contributed by atoms with Crippen molar-refractivity contribution in [3.8, 4) is 17.2 Å². The first-order valence-corrected chi connectivity index (χ1v) is 6.85. The van der Waals surface area contributed by atoms with Gasteiger partial charge in [0.25, 0.3) is 0 Å². The highest BCUT2D eigenvalue weighted by Gasteiger charge is 2.20. The summed E-state index contributed by atoms with van der Waals surface area (Å²) < 4.78 is 15.7. The van der Waals surface area contributed by atoms with Gasteiger partial charge in [-0.25, -0.2) is 9.97 Å². The largest absolute Gasteiger partial charge is 0.493 e. The fourth-order valence-corrected chi connectivity index (χ4v) is 2.00. The van der Waals surface area contributed by atoms with E-state index in [1.807, 2.05) is 0 Å². The molecule has 0 aliphatic heterocycles. The summed E-state index contributed by atoms with van der Waals surface area (Å²) in [4.78, 5) is 17.7. The van der Waals surface area contributed by atoms with E-state index in [1.54, 1.807) is 12.1 Å². The lowest BCUT2D eigenvalue weighted by Gasteiger charge is -2.12. The Hall–Kier alpha value is -3.63. The van der Waals surface area contributed by atoms with E-state index < -0.39 is 10.6 Å². The van der Waals surface area contributed by atoms with Crippen molar-refractivity contribution in [3.05, 3.63) is 34.1 Å². The van der Waals surface area contributed by atoms with E-state index in [0.29, 0.717) is 22.8 Å². The Morgan fingerprint density at radius 1 is 1.20 bits per heavy atom. The number of nitro groups is 1. The normalized spacial score (nSPS) is 10.5. The van der Waals surface area contributed by atoms with Crippen molar-refractivity contribution in [2.24, 2.45) is 5.10 Å². The summed E-state index contributed by atoms with van der Waals surface area (Å²) in [7, 11) is 4.47. The smallest absolute Gasteiger partial charge is 0.354 e. The van der Waals surface area contributed by atoms with Gasteiger partial charge in [-0.3, -0.25) is 15.5 Å². The molecule has 2 aromatic rings. The van der Waals surface area contributed by atoms with Crippen LogP contribution in [0.5, 0.6) is 17.2 Å². The topological polar surface area (TPSA) is 147 Å². The number of rotatable bonds is 7. The van der Waals surface area contributed by atoms with Crippen molar-refractivity contribution in [1.82, 2.24) is 9.97 Å². The van der Waals surface area contributed by atoms with Crippen molar-refractivity contribution < 1.29 is 19.1 Å². The van der Waals surface area contributed by atoms with Crippen LogP contribution in [0.4, 0.5) is 17.3 Å². The number of hydrogen-bond acceptors (Lipinski definition) is 10. The molecule has 0 aliphatic carbocycles. The molecule has 11 heteroatoms. The standard InChI is InChI=1S/C14H16N6O5/c1-23-9-4-8(5-10(24-2)12(9)25-3)6-18-19-14-11(20(21)22)13(15)16-7-17-14/h4-7H,1-3H3,(H3,15,16,17,19)/b18-6+. The number of hydrazone groups is 1. The van der Waals surface area contributed by atoms with Crippen LogP contribution in [0.3, 0.4) is 0 Å². The molecule has 2 rings (SSSR count). The molecule has 25 heavy (non-hydrogen) atoms. The van der Waals surface area contributed by atoms with Crippen LogP contribution < -0.4 is 25.4 Å². The van der Waals surface area contributed by atoms with Crippen LogP contribution >= 0.6 is 0 Å². The van der Waals surface area contributed by atoms with Gasteiger partial charge in [0.2, 0.25) is 17.4 Å². The minimum absolute atomic E-state index is 0.124. The number of anilines is 2. The van der Waals surface area contributed by atoms with E-state index in [9.17, 15) is 10.1 Å². The summed E-state index contributed by atoms with van der Waals surface area (Å²) in [6, 6.07) is 3.32. The molecule has 0 radical (unpaired) electrons. The Morgan fingerprint density at radius 2 is 1.84 bits per heavy atom. The molecule has 0 bridgehead atoms. The number of nitrogens with two attached hydrogens (primary N) is 1. The van der Waals surface area contributed by atoms with Crippen LogP contribution in [0.15, 0.2) is 23.6 Å². The van der Waals surface area contributed by atoms with E-state index in [-0.39, 0.29) is 11.6 Å². The molecule has 3 N–H and O–H groups in total. The number of ether oxygens (including phenoxy) is 3. The summed E-state index contributed by atoms with van der Waals surface area (Å²) in [6.45, 7) is 0. The van der Waals surface area contributed by atoms with E-state index in [0.717, 1.165) is 6.33 Å². The third-order valence-corrected chi connectivity index (χ3v) is 3.10. The third kappa shape index (κ3) is 3.83. The zero-order chi connectivity index (χ0) is 18.4. The van der Waals surface area contributed by atoms with Crippen molar-refractivity contribution in [1.29, 1.82) is 0 Å². The van der Waals surface area contributed by atoms with Crippen LogP contribution in [0.2, 0.25) is 0 Å². The van der Waals surface area contributed by atoms with Gasteiger partial charge in [-0.15, -0.1) is 0 Å². The average molecular weight is 348 g/mol. The second kappa shape index (κ2) is 7.77. The highest BCUT2D eigenvalue weighted by molar-refractivity contribution is 5.83. The van der Waals surface area contributed by atoms with E-state index in [4.69, 9.17) is 19.9 Å². The highest BCUT2D eigenvalue weighted by Crippen LogP contribution is 2.37. The SMILES string of the molecule is COc1cc(/C=N/Nc2ncnc(N)c2[N+](=O)[O-])cc(OC)c1OC. The Kier molecular flexibility index (Phi) is 5.50. The van der Waals surface area contributed by atoms with E-state index in [1.165, 1.54) is 27.5 Å². The minimum atomic E-state index is -0.688. The molecule has 0 saturated carbocycles. The van der Waals surface area contributed by atoms with E-state index in [2.05, 4.69) is 20.5 Å². The fourth-order valence-electron chi connectivity index (χ4n) is 2.00. The lowest BCUT2D eigenvalue weighted by molar-refractivity contribution is -0.383. The fraction of sp³-hybridized carbons (Fsp3) is 0.214. The number of nitrogen functional groups attached to an aromatic ring is 1. The first-order chi connectivity index (χ1) is 12.0. The quantitative estimate of drug-likeness (QED) is 0.431. The molecule has 1 aromatic carbocycles. The van der Waals surface area contributed by atoms with Crippen molar-refractivity contribution in [2.75, 3.05) is 32.5 Å². The summed E-state index contributed by atoms with van der Waals surface area (Å²) >= 11 is 0. The molecular formula is C14H16N6O5. The van der Waals surface area contributed by atoms with Crippen LogP contribution in [0.1, 0.15) is 5.56 Å². The van der Waals surface area contributed by atoms with Gasteiger partial charge < -0.3 is 19.9 Å². The van der Waals surface area contributed by atoms with Gasteiger partial charge in [0.15, 0.2) is 11.5 Å². The highest BCUT2D eigenvalue weighted by atomic mass is 16.6. The molecule has 11 nitrogen and oxygen atoms in total. The molecular weight excluding hydrogens is 332 g/mol. The van der Waals surface area contributed by atoms with Crippen LogP contribution in [0, 0.1) is 10.1 Å². The summed E-state index contributed by atoms with van der Waals surface area (Å²) in [5.41, 5.74) is 8.10. The molecule has 0 amide bonds. The molecule has 0 aliphatic rings. The Labute approximate surface area is 142 Å². The maximum Gasteiger partial charge on any atom is 0.354 e. The number of hydrogen-bond donors (Lipinski definition) is 2. The van der Waals surface area contributed by atoms with Crippen molar-refractivity contribution in [3.63, 3.8) is 0 Å². The molecule has 0 unspecified atom stereocenters. The summed E-state index contributed by atoms with van der Waals surface area (Å²) in [5.74, 6) is 0.946. The maximum atomic E-state index is 11.0. The minimum Gasteiger partial charge on any atom is -0.493 e. The van der Waals surface area contributed by atoms with Gasteiger partial charge in [-0.05, 0) is 12.1 Å². The van der Waals surface area contributed by atoms with Gasteiger partial charge in [0, 0.05) is 5.56 Å². The molecule has 0 fully saturated rings. The second-order valence-electron chi connectivity index (χ2n) is 4.54. The van der Waals surface area contributed by atoms with Gasteiger partial charge in [0.05, 0.1) is 32.5 Å². The molecule has 1 aromatic heterocycles. The Balaban J connectivity index is 2.29. The third-order valence-electron chi connectivity index (χ3n) is 3.10. The maximum absolute atomic E-state index is 11.0. The van der Waals surface area contributed by atoms with Gasteiger partial charge in [0.1, 0.15) is 6.33 Å². The molecule has 0 saturated heterocycles. The van der Waals surface area contributed by atoms with Crippen LogP contribution in [0.25, 0.3) is 0 Å². The van der Waals surface area contributed by atoms with Crippen LogP contribution in [-0.4, -0.2) is 42.4 Å². The van der Waals surface area contributed by atoms with Crippen molar-refractivity contribution in [2.45, 2.75) is 0 Å². The first kappa shape index (κ1) is 17.7. The molecule has 0 atom stereocenters. The monoisotopic (exact) mass is 348 g/mol. The number of methoxy groups -OCH3 is 3. The van der Waals surface area contributed by atoms with E-state index >= 15 is 0 Å². The average Bonchev–Trinajstić information content (AvgIpc) is 2.60. The summed E-state index contributed by atoms with van der Waals surface area (Å²) in [5, 5.41) is 14.9. The summed E-state index contributed by atoms with van der Waals surface area (Å²) in [6.07, 6.45) is 2.51. The van der Waals surface area contributed by atoms with Gasteiger partial charge in [-0.2, -0.15) is 5.10 Å². The second-order valence-corrected chi connectivity index (χ2v) is 4.54. The van der Waals surface area contributed by atoms with Gasteiger partial charge in [-0.1, -0.05) is 0 Å². The zero-order valence-corrected chi connectivity index (χ0v) is 13.7. The number of aromatic nitrogens is 2. The van der Waals surface area contributed by atoms with Gasteiger partial charge >= 0.3 is 5.69 Å². The van der Waals surface area contributed by atoms with Crippen molar-refractivity contribution >= 4 is 23.5 Å². The Morgan fingerprint density at radius 3 is 2.36 bits per heavy atom. The number of nitrogens with one attached hydrogen (secondary N) is 1. The first-order valence-electron chi connectivity index (χ1n) is 6.85. The Bertz CT molecular complexity index is 785. The van der Waals surface area contributed by atoms with Crippen LogP contribution in [-0.2, 0) is 0 Å². The predicted octanol–water partition coefficient (Wildman–Crippen LogP) is 1.44. The lowest BCUT2D eigenvalue weighted by atomic mass is 10.2. The molecule has 0 spiro atoms. The molecule has 132 valence electrons. The zero-order valence-electron chi connectivity index (χ0n) is 13.7. The molecule has 1 heterocycles. The predicted molar refractivity (Wildman–Crippen MR) is 90.4 cm³/mol. The number of benzene rings is 1. The lowest BCUT2D eigenvalue weighted by Crippen LogP contribution is -2.05. The number of nitrogens with zero attached hydrogens (tertiary/aromatic N) is 4.